The molecule has 6 nitrogen and oxygen atoms in total. The van der Waals surface area contributed by atoms with Gasteiger partial charge in [-0.25, -0.2) is 9.67 Å². The quantitative estimate of drug-likeness (QED) is 0.152. The van der Waals surface area contributed by atoms with Crippen molar-refractivity contribution in [3.63, 3.8) is 0 Å². The van der Waals surface area contributed by atoms with Crippen LogP contribution in [0.25, 0.3) is 44.4 Å². The van der Waals surface area contributed by atoms with E-state index in [-0.39, 0.29) is 21.1 Å². The zero-order valence-corrected chi connectivity index (χ0v) is 28.1. The first-order valence-electron chi connectivity index (χ1n) is 14.8. The summed E-state index contributed by atoms with van der Waals surface area (Å²) in [5.41, 5.74) is 9.04. The molecular weight excluding hydrogens is 740 g/mol. The van der Waals surface area contributed by atoms with Gasteiger partial charge in [0, 0.05) is 23.2 Å². The second kappa shape index (κ2) is 12.4. The number of rotatable bonds is 7. The first kappa shape index (κ1) is 30.4. The topological polar surface area (TPSA) is 54.1 Å². The van der Waals surface area contributed by atoms with E-state index in [9.17, 15) is 0 Å². The van der Waals surface area contributed by atoms with Crippen LogP contribution in [0.1, 0.15) is 29.3 Å². The van der Waals surface area contributed by atoms with Gasteiger partial charge in [0.2, 0.25) is 5.88 Å². The molecule has 0 N–H and O–H groups in total. The molecule has 0 amide bonds. The van der Waals surface area contributed by atoms with Gasteiger partial charge < -0.3 is 14.0 Å². The molecule has 226 valence electrons. The number of ether oxygens (including phenoxy) is 2. The van der Waals surface area contributed by atoms with Crippen molar-refractivity contribution in [2.24, 2.45) is 0 Å². The molecule has 0 fully saturated rings. The number of para-hydroxylation sites is 1. The third-order valence-corrected chi connectivity index (χ3v) is 7.97. The van der Waals surface area contributed by atoms with Crippen LogP contribution in [0, 0.1) is 32.9 Å². The predicted octanol–water partition coefficient (Wildman–Crippen LogP) is 8.92. The molecule has 0 aliphatic carbocycles. The maximum atomic E-state index is 6.43. The maximum absolute atomic E-state index is 6.43. The van der Waals surface area contributed by atoms with Gasteiger partial charge in [0.25, 0.3) is 0 Å². The molecule has 0 saturated heterocycles. The number of pyridine rings is 1. The van der Waals surface area contributed by atoms with Crippen LogP contribution in [0.2, 0.25) is 0 Å². The average molecular weight is 772 g/mol. The summed E-state index contributed by atoms with van der Waals surface area (Å²) in [6, 6.07) is 36.0. The summed E-state index contributed by atoms with van der Waals surface area (Å²) in [5.74, 6) is 2.65. The number of hydrogen-bond donors (Lipinski definition) is 0. The Morgan fingerprint density at radius 1 is 0.800 bits per heavy atom. The van der Waals surface area contributed by atoms with E-state index in [1.165, 1.54) is 5.56 Å². The van der Waals surface area contributed by atoms with Gasteiger partial charge in [-0.05, 0) is 66.2 Å². The molecule has 0 aliphatic rings. The van der Waals surface area contributed by atoms with E-state index in [2.05, 4.69) is 90.1 Å². The Hall–Kier alpha value is -4.67. The Labute approximate surface area is 277 Å². The minimum atomic E-state index is 0. The normalized spacial score (nSPS) is 11.1. The van der Waals surface area contributed by atoms with Gasteiger partial charge in [-0.3, -0.25) is 0 Å². The average Bonchev–Trinajstić information content (AvgIpc) is 3.54. The molecule has 0 radical (unpaired) electrons. The van der Waals surface area contributed by atoms with E-state index < -0.39 is 0 Å². The van der Waals surface area contributed by atoms with Gasteiger partial charge in [-0.1, -0.05) is 61.8 Å². The first-order chi connectivity index (χ1) is 21.4. The van der Waals surface area contributed by atoms with Gasteiger partial charge >= 0.3 is 21.1 Å². The van der Waals surface area contributed by atoms with Gasteiger partial charge in [0.15, 0.2) is 0 Å². The molecular formula is C38H32N4O2Pt. The van der Waals surface area contributed by atoms with E-state index in [1.807, 2.05) is 50.4 Å². The molecule has 7 aromatic rings. The molecule has 0 atom stereocenters. The van der Waals surface area contributed by atoms with Gasteiger partial charge in [0.1, 0.15) is 5.82 Å². The van der Waals surface area contributed by atoms with Crippen LogP contribution < -0.4 is 9.47 Å². The minimum Gasteiger partial charge on any atom is -0.509 e. The van der Waals surface area contributed by atoms with E-state index in [1.54, 1.807) is 11.8 Å². The van der Waals surface area contributed by atoms with E-state index in [0.29, 0.717) is 17.4 Å². The number of methoxy groups -OCH3 is 1. The molecule has 45 heavy (non-hydrogen) atoms. The molecule has 3 heterocycles. The van der Waals surface area contributed by atoms with Crippen LogP contribution in [-0.2, 0) is 27.5 Å². The number of nitrogens with zero attached hydrogens (tertiary/aromatic N) is 4. The maximum Gasteiger partial charge on any atom is 2.00 e. The Kier molecular flexibility index (Phi) is 8.35. The van der Waals surface area contributed by atoms with Crippen molar-refractivity contribution in [2.75, 3.05) is 7.11 Å². The molecule has 3 aromatic heterocycles. The summed E-state index contributed by atoms with van der Waals surface area (Å²) >= 11 is 0. The monoisotopic (exact) mass is 771 g/mol. The fourth-order valence-electron chi connectivity index (χ4n) is 5.86. The van der Waals surface area contributed by atoms with Crippen molar-refractivity contribution in [1.82, 2.24) is 19.3 Å². The minimum absolute atomic E-state index is 0. The van der Waals surface area contributed by atoms with Crippen molar-refractivity contribution in [1.29, 1.82) is 0 Å². The molecule has 4 aromatic carbocycles. The van der Waals surface area contributed by atoms with Crippen molar-refractivity contribution in [3.8, 4) is 40.0 Å². The standard InChI is InChI=1S/C38H32N4O2.Pt/c1-6-27-11-13-28(14-12-27)37-26(4)40-42(38(37)43-5)29-19-25(3)20-31(22-29)44-30-15-16-33-32-9-7-8-10-34(32)41(35(33)23-30)36-21-24(2)17-18-39-36;/h7-21H,6H2,1-5H3;/q-2;+2. The summed E-state index contributed by atoms with van der Waals surface area (Å²) in [6.07, 6.45) is 2.83. The number of benzene rings is 4. The van der Waals surface area contributed by atoms with E-state index in [4.69, 9.17) is 14.6 Å². The summed E-state index contributed by atoms with van der Waals surface area (Å²) in [7, 11) is 1.68. The van der Waals surface area contributed by atoms with Gasteiger partial charge in [-0.15, -0.1) is 35.7 Å². The van der Waals surface area contributed by atoms with E-state index >= 15 is 0 Å². The predicted molar refractivity (Wildman–Crippen MR) is 175 cm³/mol. The Morgan fingerprint density at radius 3 is 2.36 bits per heavy atom. The molecule has 0 saturated carbocycles. The molecule has 0 spiro atoms. The smallest absolute Gasteiger partial charge is 0.509 e. The molecule has 0 aliphatic heterocycles. The first-order valence-corrected chi connectivity index (χ1v) is 14.8. The van der Waals surface area contributed by atoms with Gasteiger partial charge in [0.05, 0.1) is 18.4 Å². The fourth-order valence-corrected chi connectivity index (χ4v) is 5.86. The third kappa shape index (κ3) is 5.55. The van der Waals surface area contributed by atoms with Crippen molar-refractivity contribution < 1.29 is 30.5 Å². The number of aryl methyl sites for hydroxylation is 4. The van der Waals surface area contributed by atoms with Crippen LogP contribution in [0.3, 0.4) is 0 Å². The molecule has 7 heteroatoms. The summed E-state index contributed by atoms with van der Waals surface area (Å²) in [4.78, 5) is 4.68. The van der Waals surface area contributed by atoms with Gasteiger partial charge in [-0.2, -0.15) is 16.7 Å². The van der Waals surface area contributed by atoms with E-state index in [0.717, 1.165) is 67.7 Å². The number of fused-ring (bicyclic) bond motifs is 3. The summed E-state index contributed by atoms with van der Waals surface area (Å²) in [6.45, 7) is 8.26. The molecule has 0 unspecified atom stereocenters. The largest absolute Gasteiger partial charge is 2.00 e. The summed E-state index contributed by atoms with van der Waals surface area (Å²) in [5, 5.41) is 7.09. The zero-order chi connectivity index (χ0) is 30.4. The zero-order valence-electron chi connectivity index (χ0n) is 25.8. The Morgan fingerprint density at radius 2 is 1.60 bits per heavy atom. The van der Waals surface area contributed by atoms with Crippen LogP contribution in [-0.4, -0.2) is 26.4 Å². The molecule has 0 bridgehead atoms. The SMILES string of the molecule is CCc1ccc(-c2c(C)nn(-c3[c-]c(Oc4[c-]c5c(cc4)c4ccccc4n5-c4cc(C)ccn4)cc(C)c3)c2OC)cc1.[Pt+2]. The molecule has 7 rings (SSSR count). The van der Waals surface area contributed by atoms with Crippen LogP contribution in [0.4, 0.5) is 0 Å². The van der Waals surface area contributed by atoms with Crippen molar-refractivity contribution in [3.05, 3.63) is 126 Å². The van der Waals surface area contributed by atoms with Crippen molar-refractivity contribution in [2.45, 2.75) is 34.1 Å². The van der Waals surface area contributed by atoms with Crippen LogP contribution >= 0.6 is 0 Å². The second-order valence-corrected chi connectivity index (χ2v) is 11.1. The third-order valence-electron chi connectivity index (χ3n) is 7.97. The van der Waals surface area contributed by atoms with Crippen LogP contribution in [0.5, 0.6) is 17.4 Å². The summed E-state index contributed by atoms with van der Waals surface area (Å²) < 4.78 is 16.3. The second-order valence-electron chi connectivity index (χ2n) is 11.1. The van der Waals surface area contributed by atoms with Crippen molar-refractivity contribution >= 4 is 21.8 Å². The Bertz CT molecular complexity index is 2160. The van der Waals surface area contributed by atoms with Crippen LogP contribution in [0.15, 0.2) is 91.1 Å². The number of hydrogen-bond acceptors (Lipinski definition) is 4. The fraction of sp³-hybridized carbons (Fsp3) is 0.158. The number of aromatic nitrogens is 4. The Balaban J connectivity index is 0.00000357.